The van der Waals surface area contributed by atoms with Gasteiger partial charge in [0.1, 0.15) is 23.3 Å². The van der Waals surface area contributed by atoms with Crippen LogP contribution in [0.5, 0.6) is 0 Å². The Hall–Kier alpha value is -4.07. The topological polar surface area (TPSA) is 127 Å². The first-order valence-electron chi connectivity index (χ1n) is 16.6. The van der Waals surface area contributed by atoms with Crippen LogP contribution < -0.4 is 15.5 Å². The molecule has 0 bridgehead atoms. The molecule has 1 aliphatic carbocycles. The number of halogens is 2. The Kier molecular flexibility index (Phi) is 9.76. The van der Waals surface area contributed by atoms with Crippen LogP contribution in [-0.4, -0.2) is 93.5 Å². The van der Waals surface area contributed by atoms with Gasteiger partial charge in [0, 0.05) is 38.3 Å². The van der Waals surface area contributed by atoms with Gasteiger partial charge in [-0.05, 0) is 77.3 Å². The first-order chi connectivity index (χ1) is 22.6. The van der Waals surface area contributed by atoms with E-state index in [4.69, 9.17) is 19.4 Å². The van der Waals surface area contributed by atoms with E-state index in [9.17, 15) is 18.4 Å². The lowest BCUT2D eigenvalue weighted by Gasteiger charge is -2.31. The standard InChI is InChI=1S/C33H44F2N8O4/c1-33(2,3)47-32(45)42-14-6-9-25(42)30(44)36-20-21-10-12-22(13-11-21)37-31-39-26(41-15-17-46-18-16-41)19-27(40-31)43-24-8-5-4-7-23(24)38-29(43)28(34)35/h4-5,7-8,19,21-22,25,28H,6,9-18,20H2,1-3H3,(H,36,44)(H,37,39,40)/t21?,22?,25-/m0/s1. The molecule has 12 nitrogen and oxygen atoms in total. The van der Waals surface area contributed by atoms with E-state index in [0.717, 1.165) is 32.1 Å². The number of likely N-dealkylation sites (tertiary alicyclic amines) is 1. The van der Waals surface area contributed by atoms with Crippen LogP contribution in [0.4, 0.5) is 25.3 Å². The van der Waals surface area contributed by atoms with Gasteiger partial charge in [0.25, 0.3) is 6.43 Å². The SMILES string of the molecule is CC(C)(C)OC(=O)N1CCC[C@H]1C(=O)NCC1CCC(Nc2nc(N3CCOCC3)cc(-n3c(C(F)F)nc4ccccc43)n2)CC1. The minimum Gasteiger partial charge on any atom is -0.444 e. The van der Waals surface area contributed by atoms with Crippen LogP contribution in [0.2, 0.25) is 0 Å². The number of ether oxygens (including phenoxy) is 2. The van der Waals surface area contributed by atoms with Crippen molar-refractivity contribution >= 4 is 34.8 Å². The van der Waals surface area contributed by atoms with Crippen LogP contribution in [-0.2, 0) is 14.3 Å². The summed E-state index contributed by atoms with van der Waals surface area (Å²) in [5.41, 5.74) is 0.404. The van der Waals surface area contributed by atoms with E-state index in [1.165, 1.54) is 9.47 Å². The molecule has 4 heterocycles. The molecule has 2 saturated heterocycles. The van der Waals surface area contributed by atoms with Crippen LogP contribution in [0, 0.1) is 5.92 Å². The molecule has 3 aromatic rings. The monoisotopic (exact) mass is 654 g/mol. The number of alkyl halides is 2. The van der Waals surface area contributed by atoms with E-state index >= 15 is 0 Å². The van der Waals surface area contributed by atoms with E-state index in [1.54, 1.807) is 30.3 Å². The molecule has 3 fully saturated rings. The molecule has 6 rings (SSSR count). The minimum absolute atomic E-state index is 0.0846. The number of carbonyl (C=O) groups excluding carboxylic acids is 2. The maximum Gasteiger partial charge on any atom is 0.410 e. The number of aromatic nitrogens is 4. The van der Waals surface area contributed by atoms with Crippen molar-refractivity contribution in [3.63, 3.8) is 0 Å². The number of morpholine rings is 1. The Balaban J connectivity index is 1.11. The number of nitrogens with one attached hydrogen (secondary N) is 2. The summed E-state index contributed by atoms with van der Waals surface area (Å²) in [6.45, 7) is 8.89. The molecule has 0 spiro atoms. The molecule has 0 radical (unpaired) electrons. The van der Waals surface area contributed by atoms with E-state index in [0.29, 0.717) is 80.3 Å². The van der Waals surface area contributed by atoms with E-state index in [1.807, 2.05) is 20.8 Å². The van der Waals surface area contributed by atoms with E-state index in [2.05, 4.69) is 20.5 Å². The van der Waals surface area contributed by atoms with Gasteiger partial charge in [-0.25, -0.2) is 18.6 Å². The third-order valence-corrected chi connectivity index (χ3v) is 8.97. The zero-order valence-electron chi connectivity index (χ0n) is 27.3. The molecule has 0 unspecified atom stereocenters. The predicted octanol–water partition coefficient (Wildman–Crippen LogP) is 5.08. The number of nitrogens with zero attached hydrogens (tertiary/aromatic N) is 6. The highest BCUT2D eigenvalue weighted by molar-refractivity contribution is 5.86. The number of hydrogen-bond acceptors (Lipinski definition) is 9. The Morgan fingerprint density at radius 1 is 1.00 bits per heavy atom. The summed E-state index contributed by atoms with van der Waals surface area (Å²) in [7, 11) is 0. The Morgan fingerprint density at radius 2 is 1.72 bits per heavy atom. The zero-order valence-corrected chi connectivity index (χ0v) is 27.3. The number of imidazole rings is 1. The van der Waals surface area contributed by atoms with Gasteiger partial charge in [-0.2, -0.15) is 9.97 Å². The molecule has 1 atom stereocenters. The number of benzene rings is 1. The minimum atomic E-state index is -2.79. The van der Waals surface area contributed by atoms with Gasteiger partial charge in [0.05, 0.1) is 24.2 Å². The zero-order chi connectivity index (χ0) is 33.1. The molecular formula is C33H44F2N8O4. The lowest BCUT2D eigenvalue weighted by molar-refractivity contribution is -0.125. The fourth-order valence-corrected chi connectivity index (χ4v) is 6.62. The average molecular weight is 655 g/mol. The van der Waals surface area contributed by atoms with Gasteiger partial charge in [0.15, 0.2) is 5.82 Å². The highest BCUT2D eigenvalue weighted by Crippen LogP contribution is 2.31. The van der Waals surface area contributed by atoms with Crippen molar-refractivity contribution in [2.45, 2.75) is 83.4 Å². The van der Waals surface area contributed by atoms with Gasteiger partial charge in [-0.1, -0.05) is 12.1 Å². The van der Waals surface area contributed by atoms with Crippen molar-refractivity contribution in [2.24, 2.45) is 5.92 Å². The molecular weight excluding hydrogens is 610 g/mol. The number of fused-ring (bicyclic) bond motifs is 1. The Bertz CT molecular complexity index is 1560. The summed E-state index contributed by atoms with van der Waals surface area (Å²) in [5, 5.41) is 6.56. The van der Waals surface area contributed by atoms with Crippen LogP contribution >= 0.6 is 0 Å². The van der Waals surface area contributed by atoms with Gasteiger partial charge in [0.2, 0.25) is 11.9 Å². The molecule has 3 aliphatic rings. The molecule has 2 aliphatic heterocycles. The summed E-state index contributed by atoms with van der Waals surface area (Å²) in [6.07, 6.45) is 1.61. The fourth-order valence-electron chi connectivity index (χ4n) is 6.62. The van der Waals surface area contributed by atoms with Crippen molar-refractivity contribution in [2.75, 3.05) is 49.6 Å². The predicted molar refractivity (Wildman–Crippen MR) is 173 cm³/mol. The molecule has 47 heavy (non-hydrogen) atoms. The van der Waals surface area contributed by atoms with Crippen LogP contribution in [0.25, 0.3) is 16.9 Å². The average Bonchev–Trinajstić information content (AvgIpc) is 3.70. The summed E-state index contributed by atoms with van der Waals surface area (Å²) in [4.78, 5) is 43.1. The largest absolute Gasteiger partial charge is 0.444 e. The number of amides is 2. The maximum atomic E-state index is 14.2. The second-order valence-electron chi connectivity index (χ2n) is 13.5. The molecule has 2 N–H and O–H groups in total. The lowest BCUT2D eigenvalue weighted by atomic mass is 9.86. The van der Waals surface area contributed by atoms with Crippen LogP contribution in [0.3, 0.4) is 0 Å². The van der Waals surface area contributed by atoms with E-state index in [-0.39, 0.29) is 17.8 Å². The number of anilines is 2. The highest BCUT2D eigenvalue weighted by Gasteiger charge is 2.37. The quantitative estimate of drug-likeness (QED) is 0.342. The van der Waals surface area contributed by atoms with Crippen molar-refractivity contribution in [1.29, 1.82) is 0 Å². The van der Waals surface area contributed by atoms with Crippen molar-refractivity contribution in [1.82, 2.24) is 29.7 Å². The van der Waals surface area contributed by atoms with Crippen molar-refractivity contribution in [3.8, 4) is 5.82 Å². The second kappa shape index (κ2) is 14.0. The summed E-state index contributed by atoms with van der Waals surface area (Å²) < 4.78 is 40.9. The van der Waals surface area contributed by atoms with E-state index < -0.39 is 24.2 Å². The third-order valence-electron chi connectivity index (χ3n) is 8.97. The van der Waals surface area contributed by atoms with Crippen LogP contribution in [0.15, 0.2) is 30.3 Å². The second-order valence-corrected chi connectivity index (χ2v) is 13.5. The molecule has 14 heteroatoms. The first-order valence-corrected chi connectivity index (χ1v) is 16.6. The van der Waals surface area contributed by atoms with Crippen molar-refractivity contribution < 1.29 is 27.8 Å². The van der Waals surface area contributed by atoms with Gasteiger partial charge in [-0.3, -0.25) is 14.3 Å². The maximum absolute atomic E-state index is 14.2. The number of para-hydroxylation sites is 2. The fraction of sp³-hybridized carbons (Fsp3) is 0.606. The highest BCUT2D eigenvalue weighted by atomic mass is 19.3. The molecule has 2 aromatic heterocycles. The van der Waals surface area contributed by atoms with Crippen molar-refractivity contribution in [3.05, 3.63) is 36.2 Å². The van der Waals surface area contributed by atoms with Crippen LogP contribution in [0.1, 0.15) is 71.5 Å². The number of hydrogen-bond donors (Lipinski definition) is 2. The molecule has 2 amide bonds. The lowest BCUT2D eigenvalue weighted by Crippen LogP contribution is -2.48. The first kappa shape index (κ1) is 32.9. The summed E-state index contributed by atoms with van der Waals surface area (Å²) in [6, 6.07) is 8.37. The normalized spacial score (nSPS) is 22.1. The molecule has 1 saturated carbocycles. The summed E-state index contributed by atoms with van der Waals surface area (Å²) in [5.74, 6) is 1.15. The number of carbonyl (C=O) groups is 2. The Morgan fingerprint density at radius 3 is 2.45 bits per heavy atom. The van der Waals surface area contributed by atoms with Gasteiger partial charge < -0.3 is 25.0 Å². The third kappa shape index (κ3) is 7.74. The number of rotatable bonds is 8. The molecule has 1 aromatic carbocycles. The summed E-state index contributed by atoms with van der Waals surface area (Å²) >= 11 is 0. The smallest absolute Gasteiger partial charge is 0.410 e. The van der Waals surface area contributed by atoms with Gasteiger partial charge >= 0.3 is 6.09 Å². The molecule has 254 valence electrons. The van der Waals surface area contributed by atoms with Gasteiger partial charge in [-0.15, -0.1) is 0 Å². The Labute approximate surface area is 273 Å².